The number of halogens is 2. The maximum absolute atomic E-state index is 13.3. The van der Waals surface area contributed by atoms with Crippen molar-refractivity contribution in [2.75, 3.05) is 6.61 Å². The smallest absolute Gasteiger partial charge is 0.313 e. The zero-order valence-corrected chi connectivity index (χ0v) is 19.8. The second-order valence-electron chi connectivity index (χ2n) is 7.00. The highest BCUT2D eigenvalue weighted by atomic mass is 79.9. The zero-order valence-electron chi connectivity index (χ0n) is 17.4. The number of ether oxygens (including phenoxy) is 1. The number of nitrogens with zero attached hydrogens (tertiary/aromatic N) is 4. The molecule has 3 aromatic rings. The second kappa shape index (κ2) is 10.1. The summed E-state index contributed by atoms with van der Waals surface area (Å²) >= 11 is 9.46. The monoisotopic (exact) mass is 518 g/mol. The number of rotatable bonds is 8. The van der Waals surface area contributed by atoms with E-state index >= 15 is 0 Å². The molecule has 0 saturated carbocycles. The number of aromatic nitrogens is 2. The number of nitro benzene ring substituents is 1. The van der Waals surface area contributed by atoms with Crippen LogP contribution in [-0.2, 0) is 0 Å². The Kier molecular flexibility index (Phi) is 7.42. The normalized spacial score (nSPS) is 12.2. The third-order valence-corrected chi connectivity index (χ3v) is 5.52. The van der Waals surface area contributed by atoms with Gasteiger partial charge in [-0.15, -0.1) is 0 Å². The number of nitro groups is 1. The Morgan fingerprint density at radius 2 is 2.16 bits per heavy atom. The van der Waals surface area contributed by atoms with E-state index in [9.17, 15) is 14.9 Å². The molecule has 0 radical (unpaired) electrons. The van der Waals surface area contributed by atoms with Gasteiger partial charge >= 0.3 is 5.69 Å². The lowest BCUT2D eigenvalue weighted by Crippen LogP contribution is -2.23. The Balaban J connectivity index is 2.24. The van der Waals surface area contributed by atoms with Gasteiger partial charge in [-0.3, -0.25) is 14.9 Å². The molecular weight excluding hydrogens is 500 g/mol. The van der Waals surface area contributed by atoms with E-state index in [-0.39, 0.29) is 40.1 Å². The maximum atomic E-state index is 13.3. The van der Waals surface area contributed by atoms with Crippen LogP contribution >= 0.6 is 27.5 Å². The van der Waals surface area contributed by atoms with E-state index in [1.807, 2.05) is 19.9 Å². The van der Waals surface area contributed by atoms with Crippen molar-refractivity contribution in [3.63, 3.8) is 0 Å². The maximum Gasteiger partial charge on any atom is 0.313 e. The zero-order chi connectivity index (χ0) is 23.4. The third-order valence-electron chi connectivity index (χ3n) is 4.80. The summed E-state index contributed by atoms with van der Waals surface area (Å²) < 4.78 is 7.47. The van der Waals surface area contributed by atoms with Crippen molar-refractivity contribution in [3.8, 4) is 5.75 Å². The van der Waals surface area contributed by atoms with E-state index in [4.69, 9.17) is 16.3 Å². The number of fused-ring (bicyclic) bond motifs is 1. The lowest BCUT2D eigenvalue weighted by Gasteiger charge is -2.14. The summed E-state index contributed by atoms with van der Waals surface area (Å²) in [4.78, 5) is 28.8. The molecule has 0 unspecified atom stereocenters. The van der Waals surface area contributed by atoms with Gasteiger partial charge in [-0.2, -0.15) is 9.78 Å². The summed E-state index contributed by atoms with van der Waals surface area (Å²) in [6, 6.07) is 7.94. The summed E-state index contributed by atoms with van der Waals surface area (Å²) in [6.45, 7) is 7.55. The van der Waals surface area contributed by atoms with Crippen molar-refractivity contribution in [1.29, 1.82) is 0 Å². The Labute approximate surface area is 197 Å². The molecule has 32 heavy (non-hydrogen) atoms. The molecule has 0 amide bonds. The van der Waals surface area contributed by atoms with Crippen molar-refractivity contribution in [2.45, 2.75) is 26.2 Å². The van der Waals surface area contributed by atoms with E-state index < -0.39 is 4.92 Å². The van der Waals surface area contributed by atoms with E-state index in [0.29, 0.717) is 16.7 Å². The molecule has 1 heterocycles. The van der Waals surface area contributed by atoms with Gasteiger partial charge < -0.3 is 4.74 Å². The van der Waals surface area contributed by atoms with Gasteiger partial charge in [0.05, 0.1) is 22.0 Å². The Hall–Kier alpha value is -3.04. The predicted octanol–water partition coefficient (Wildman–Crippen LogP) is 5.68. The molecule has 10 heteroatoms. The molecule has 0 fully saturated rings. The minimum Gasteiger partial charge on any atom is -0.482 e. The fourth-order valence-corrected chi connectivity index (χ4v) is 3.61. The van der Waals surface area contributed by atoms with Crippen molar-refractivity contribution < 1.29 is 9.66 Å². The third kappa shape index (κ3) is 4.89. The molecule has 2 aromatic carbocycles. The van der Waals surface area contributed by atoms with Crippen LogP contribution < -0.4 is 10.3 Å². The molecule has 166 valence electrons. The first-order valence-electron chi connectivity index (χ1n) is 9.75. The van der Waals surface area contributed by atoms with Crippen LogP contribution in [0.15, 0.2) is 57.4 Å². The number of hydrogen-bond donors (Lipinski definition) is 0. The van der Waals surface area contributed by atoms with Crippen molar-refractivity contribution in [1.82, 2.24) is 9.66 Å². The number of hydrogen-bond acceptors (Lipinski definition) is 6. The molecule has 8 nitrogen and oxygen atoms in total. The van der Waals surface area contributed by atoms with Crippen LogP contribution in [0.25, 0.3) is 10.9 Å². The molecule has 0 aliphatic heterocycles. The lowest BCUT2D eigenvalue weighted by molar-refractivity contribution is -0.385. The van der Waals surface area contributed by atoms with Crippen molar-refractivity contribution >= 4 is 50.3 Å². The van der Waals surface area contributed by atoms with Crippen LogP contribution in [0.4, 0.5) is 5.69 Å². The van der Waals surface area contributed by atoms with E-state index in [2.05, 4.69) is 32.6 Å². The Morgan fingerprint density at radius 3 is 2.81 bits per heavy atom. The van der Waals surface area contributed by atoms with Crippen LogP contribution in [0.2, 0.25) is 5.02 Å². The SMILES string of the molecule is C=CCOc1c(C=Nn2c([C@@H](C)CC)nc3ccc(Br)cc3c2=O)cc(Cl)cc1[N+](=O)[O-]. The van der Waals surface area contributed by atoms with Gasteiger partial charge in [0.25, 0.3) is 5.56 Å². The standard InChI is InChI=1S/C22H20BrClN4O4/c1-4-8-32-20-14(9-16(24)11-19(20)28(30)31)12-25-27-21(13(3)5-2)26-18-7-6-15(23)10-17(18)22(27)29/h4,6-7,9-13H,1,5,8H2,2-3H3/t13-/m0/s1. The highest BCUT2D eigenvalue weighted by molar-refractivity contribution is 9.10. The fraction of sp³-hybridized carbons (Fsp3) is 0.227. The first-order chi connectivity index (χ1) is 15.3. The Bertz CT molecular complexity index is 1290. The van der Waals surface area contributed by atoms with E-state index in [1.165, 1.54) is 29.1 Å². The van der Waals surface area contributed by atoms with E-state index in [0.717, 1.165) is 10.9 Å². The van der Waals surface area contributed by atoms with Gasteiger partial charge in [-0.1, -0.05) is 54.0 Å². The summed E-state index contributed by atoms with van der Waals surface area (Å²) in [5, 5.41) is 16.4. The second-order valence-corrected chi connectivity index (χ2v) is 8.35. The van der Waals surface area contributed by atoms with Crippen molar-refractivity contribution in [3.05, 3.63) is 84.3 Å². The molecule has 1 atom stereocenters. The summed E-state index contributed by atoms with van der Waals surface area (Å²) in [7, 11) is 0. The molecule has 0 N–H and O–H groups in total. The molecule has 0 aliphatic carbocycles. The molecule has 1 aromatic heterocycles. The first-order valence-corrected chi connectivity index (χ1v) is 10.9. The molecule has 0 spiro atoms. The van der Waals surface area contributed by atoms with Crippen LogP contribution in [0.1, 0.15) is 37.6 Å². The van der Waals surface area contributed by atoms with Gasteiger partial charge in [0.1, 0.15) is 12.4 Å². The predicted molar refractivity (Wildman–Crippen MR) is 129 cm³/mol. The number of benzene rings is 2. The molecule has 0 saturated heterocycles. The van der Waals surface area contributed by atoms with Crippen LogP contribution in [-0.4, -0.2) is 27.4 Å². The topological polar surface area (TPSA) is 99.6 Å². The van der Waals surface area contributed by atoms with Gasteiger partial charge in [-0.05, 0) is 30.7 Å². The average molecular weight is 520 g/mol. The van der Waals surface area contributed by atoms with Crippen molar-refractivity contribution in [2.24, 2.45) is 5.10 Å². The fourth-order valence-electron chi connectivity index (χ4n) is 3.03. The quantitative estimate of drug-likeness (QED) is 0.165. The largest absolute Gasteiger partial charge is 0.482 e. The lowest BCUT2D eigenvalue weighted by atomic mass is 10.1. The van der Waals surface area contributed by atoms with Gasteiger partial charge in [0.15, 0.2) is 0 Å². The highest BCUT2D eigenvalue weighted by Crippen LogP contribution is 2.34. The van der Waals surface area contributed by atoms with Gasteiger partial charge in [0, 0.05) is 27.0 Å². The van der Waals surface area contributed by atoms with Crippen LogP contribution in [0.5, 0.6) is 5.75 Å². The Morgan fingerprint density at radius 1 is 1.41 bits per heavy atom. The molecule has 0 bridgehead atoms. The summed E-state index contributed by atoms with van der Waals surface area (Å²) in [5.41, 5.74) is 0.152. The average Bonchev–Trinajstić information content (AvgIpc) is 2.76. The van der Waals surface area contributed by atoms with Gasteiger partial charge in [0.2, 0.25) is 5.75 Å². The molecular formula is C22H20BrClN4O4. The van der Waals surface area contributed by atoms with Crippen LogP contribution in [0.3, 0.4) is 0 Å². The summed E-state index contributed by atoms with van der Waals surface area (Å²) in [5.74, 6) is 0.407. The molecule has 0 aliphatic rings. The molecule has 3 rings (SSSR count). The minimum absolute atomic E-state index is 0.0160. The van der Waals surface area contributed by atoms with Crippen LogP contribution in [0, 0.1) is 10.1 Å². The minimum atomic E-state index is -0.590. The first kappa shape index (κ1) is 23.6. The van der Waals surface area contributed by atoms with E-state index in [1.54, 1.807) is 12.1 Å². The van der Waals surface area contributed by atoms with Gasteiger partial charge in [-0.25, -0.2) is 4.98 Å². The highest BCUT2D eigenvalue weighted by Gasteiger charge is 2.21. The summed E-state index contributed by atoms with van der Waals surface area (Å²) in [6.07, 6.45) is 3.52.